The first kappa shape index (κ1) is 16.1. The van der Waals surface area contributed by atoms with Crippen LogP contribution in [-0.4, -0.2) is 48.4 Å². The molecule has 0 aromatic heterocycles. The lowest BCUT2D eigenvalue weighted by Gasteiger charge is -2.28. The summed E-state index contributed by atoms with van der Waals surface area (Å²) < 4.78 is 37.8. The maximum Gasteiger partial charge on any atom is 0.240 e. The minimum absolute atomic E-state index is 0.259. The molecule has 1 aromatic rings. The average molecular weight is 314 g/mol. The number of sulfonamides is 1. The van der Waals surface area contributed by atoms with E-state index >= 15 is 0 Å². The van der Waals surface area contributed by atoms with Crippen molar-refractivity contribution in [3.8, 4) is 5.75 Å². The summed E-state index contributed by atoms with van der Waals surface area (Å²) in [4.78, 5) is 2.25. The number of fused-ring (bicyclic) bond motifs is 1. The molecule has 0 saturated carbocycles. The van der Waals surface area contributed by atoms with Gasteiger partial charge in [-0.1, -0.05) is 0 Å². The second kappa shape index (κ2) is 7.11. The van der Waals surface area contributed by atoms with Gasteiger partial charge in [0.2, 0.25) is 10.0 Å². The molecule has 118 valence electrons. The van der Waals surface area contributed by atoms with Gasteiger partial charge in [-0.3, -0.25) is 0 Å². The number of hydrogen-bond acceptors (Lipinski definition) is 5. The summed E-state index contributed by atoms with van der Waals surface area (Å²) in [5, 5.41) is 0. The molecule has 1 aliphatic rings. The topological polar surface area (TPSA) is 67.9 Å². The smallest absolute Gasteiger partial charge is 0.240 e. The van der Waals surface area contributed by atoms with Gasteiger partial charge in [0.15, 0.2) is 0 Å². The molecule has 0 aliphatic carbocycles. The minimum atomic E-state index is -3.49. The SMILES string of the molecule is CCOCCCNS(=O)(=O)c1ccc2c(c1)N(C)CCO2. The third kappa shape index (κ3) is 4.09. The molecule has 1 heterocycles. The van der Waals surface area contributed by atoms with Crippen molar-refractivity contribution in [2.75, 3.05) is 44.9 Å². The lowest BCUT2D eigenvalue weighted by Crippen LogP contribution is -2.30. The van der Waals surface area contributed by atoms with Crippen molar-refractivity contribution in [2.45, 2.75) is 18.2 Å². The number of hydrogen-bond donors (Lipinski definition) is 1. The highest BCUT2D eigenvalue weighted by Crippen LogP contribution is 2.32. The van der Waals surface area contributed by atoms with E-state index in [1.54, 1.807) is 18.2 Å². The van der Waals surface area contributed by atoms with Gasteiger partial charge in [-0.05, 0) is 31.5 Å². The monoisotopic (exact) mass is 314 g/mol. The second-order valence-corrected chi connectivity index (χ2v) is 6.61. The maximum absolute atomic E-state index is 12.2. The first-order valence-corrected chi connectivity index (χ1v) is 8.58. The van der Waals surface area contributed by atoms with Crippen LogP contribution in [0.15, 0.2) is 23.1 Å². The average Bonchev–Trinajstić information content (AvgIpc) is 2.47. The van der Waals surface area contributed by atoms with Crippen molar-refractivity contribution in [2.24, 2.45) is 0 Å². The largest absolute Gasteiger partial charge is 0.490 e. The zero-order valence-corrected chi connectivity index (χ0v) is 13.3. The van der Waals surface area contributed by atoms with Crippen molar-refractivity contribution < 1.29 is 17.9 Å². The number of benzene rings is 1. The fraction of sp³-hybridized carbons (Fsp3) is 0.571. The predicted molar refractivity (Wildman–Crippen MR) is 81.5 cm³/mol. The fourth-order valence-electron chi connectivity index (χ4n) is 2.11. The van der Waals surface area contributed by atoms with Crippen molar-refractivity contribution in [3.05, 3.63) is 18.2 Å². The van der Waals surface area contributed by atoms with E-state index in [1.807, 2.05) is 18.9 Å². The van der Waals surface area contributed by atoms with Crippen molar-refractivity contribution in [1.82, 2.24) is 4.72 Å². The Kier molecular flexibility index (Phi) is 5.44. The van der Waals surface area contributed by atoms with Crippen LogP contribution >= 0.6 is 0 Å². The van der Waals surface area contributed by atoms with Gasteiger partial charge in [-0.15, -0.1) is 0 Å². The summed E-state index contributed by atoms with van der Waals surface area (Å²) in [7, 11) is -1.57. The number of nitrogens with one attached hydrogen (secondary N) is 1. The number of anilines is 1. The molecule has 1 aliphatic heterocycles. The Balaban J connectivity index is 2.04. The zero-order valence-electron chi connectivity index (χ0n) is 12.5. The summed E-state index contributed by atoms with van der Waals surface area (Å²) in [6, 6.07) is 4.93. The normalized spacial score (nSPS) is 14.7. The molecule has 1 N–H and O–H groups in total. The lowest BCUT2D eigenvalue weighted by atomic mass is 10.2. The Morgan fingerprint density at radius 3 is 3.00 bits per heavy atom. The molecule has 6 nitrogen and oxygen atoms in total. The molecule has 0 saturated heterocycles. The van der Waals surface area contributed by atoms with Crippen LogP contribution < -0.4 is 14.4 Å². The maximum atomic E-state index is 12.2. The molecule has 0 radical (unpaired) electrons. The van der Waals surface area contributed by atoms with Crippen LogP contribution in [0.4, 0.5) is 5.69 Å². The molecule has 0 fully saturated rings. The van der Waals surface area contributed by atoms with E-state index in [0.29, 0.717) is 32.8 Å². The summed E-state index contributed by atoms with van der Waals surface area (Å²) >= 11 is 0. The van der Waals surface area contributed by atoms with Gasteiger partial charge in [0.25, 0.3) is 0 Å². The van der Waals surface area contributed by atoms with Crippen LogP contribution in [0.1, 0.15) is 13.3 Å². The Morgan fingerprint density at radius 2 is 2.24 bits per heavy atom. The van der Waals surface area contributed by atoms with Crippen molar-refractivity contribution >= 4 is 15.7 Å². The van der Waals surface area contributed by atoms with Gasteiger partial charge in [0.1, 0.15) is 12.4 Å². The first-order chi connectivity index (χ1) is 10.0. The Hall–Kier alpha value is -1.31. The molecule has 0 atom stereocenters. The van der Waals surface area contributed by atoms with E-state index in [0.717, 1.165) is 18.0 Å². The third-order valence-corrected chi connectivity index (χ3v) is 4.76. The van der Waals surface area contributed by atoms with Gasteiger partial charge in [-0.2, -0.15) is 0 Å². The Morgan fingerprint density at radius 1 is 1.43 bits per heavy atom. The number of nitrogens with zero attached hydrogens (tertiary/aromatic N) is 1. The van der Waals surface area contributed by atoms with E-state index in [-0.39, 0.29) is 4.90 Å². The van der Waals surface area contributed by atoms with E-state index in [4.69, 9.17) is 9.47 Å². The highest BCUT2D eigenvalue weighted by Gasteiger charge is 2.20. The fourth-order valence-corrected chi connectivity index (χ4v) is 3.20. The Bertz CT molecular complexity index is 574. The summed E-state index contributed by atoms with van der Waals surface area (Å²) in [6.45, 7) is 4.84. The summed E-state index contributed by atoms with van der Waals surface area (Å²) in [5.41, 5.74) is 0.804. The van der Waals surface area contributed by atoms with Crippen molar-refractivity contribution in [3.63, 3.8) is 0 Å². The van der Waals surface area contributed by atoms with Crippen molar-refractivity contribution in [1.29, 1.82) is 0 Å². The highest BCUT2D eigenvalue weighted by molar-refractivity contribution is 7.89. The van der Waals surface area contributed by atoms with E-state index in [9.17, 15) is 8.42 Å². The Labute approximate surface area is 126 Å². The molecular formula is C14H22N2O4S. The zero-order chi connectivity index (χ0) is 15.3. The second-order valence-electron chi connectivity index (χ2n) is 4.85. The molecule has 7 heteroatoms. The van der Waals surface area contributed by atoms with Crippen LogP contribution in [-0.2, 0) is 14.8 Å². The summed E-state index contributed by atoms with van der Waals surface area (Å²) in [5.74, 6) is 0.721. The van der Waals surface area contributed by atoms with Gasteiger partial charge < -0.3 is 14.4 Å². The van der Waals surface area contributed by atoms with E-state index in [1.165, 1.54) is 0 Å². The number of likely N-dealkylation sites (N-methyl/N-ethyl adjacent to an activating group) is 1. The van der Waals surface area contributed by atoms with Crippen LogP contribution in [0.2, 0.25) is 0 Å². The minimum Gasteiger partial charge on any atom is -0.490 e. The van der Waals surface area contributed by atoms with E-state index in [2.05, 4.69) is 4.72 Å². The third-order valence-electron chi connectivity index (χ3n) is 3.30. The summed E-state index contributed by atoms with van der Waals surface area (Å²) in [6.07, 6.45) is 0.654. The van der Waals surface area contributed by atoms with Crippen LogP contribution in [0.25, 0.3) is 0 Å². The molecule has 1 aromatic carbocycles. The highest BCUT2D eigenvalue weighted by atomic mass is 32.2. The number of ether oxygens (including phenoxy) is 2. The number of rotatable bonds is 7. The lowest BCUT2D eigenvalue weighted by molar-refractivity contribution is 0.146. The van der Waals surface area contributed by atoms with Gasteiger partial charge in [0.05, 0.1) is 17.1 Å². The van der Waals surface area contributed by atoms with Gasteiger partial charge in [0, 0.05) is 26.8 Å². The predicted octanol–water partition coefficient (Wildman–Crippen LogP) is 1.22. The molecular weight excluding hydrogens is 292 g/mol. The first-order valence-electron chi connectivity index (χ1n) is 7.10. The quantitative estimate of drug-likeness (QED) is 0.767. The van der Waals surface area contributed by atoms with E-state index < -0.39 is 10.0 Å². The van der Waals surface area contributed by atoms with Crippen LogP contribution in [0.5, 0.6) is 5.75 Å². The van der Waals surface area contributed by atoms with Crippen LogP contribution in [0.3, 0.4) is 0 Å². The van der Waals surface area contributed by atoms with Gasteiger partial charge >= 0.3 is 0 Å². The van der Waals surface area contributed by atoms with Gasteiger partial charge in [-0.25, -0.2) is 13.1 Å². The molecule has 0 bridgehead atoms. The molecule has 2 rings (SSSR count). The molecule has 0 unspecified atom stereocenters. The van der Waals surface area contributed by atoms with Crippen LogP contribution in [0, 0.1) is 0 Å². The molecule has 0 spiro atoms. The standard InChI is InChI=1S/C14H22N2O4S/c1-3-19-9-4-7-15-21(17,18)12-5-6-14-13(11-12)16(2)8-10-20-14/h5-6,11,15H,3-4,7-10H2,1-2H3. The molecule has 21 heavy (non-hydrogen) atoms. The molecule has 0 amide bonds.